The summed E-state index contributed by atoms with van der Waals surface area (Å²) < 4.78 is 10.4. The molecular weight excluding hydrogens is 400 g/mol. The van der Waals surface area contributed by atoms with Crippen LogP contribution in [0.5, 0.6) is 0 Å². The van der Waals surface area contributed by atoms with Crippen LogP contribution in [0.15, 0.2) is 0 Å². The van der Waals surface area contributed by atoms with Gasteiger partial charge in [-0.25, -0.2) is 0 Å². The molecule has 2 saturated carbocycles. The van der Waals surface area contributed by atoms with Crippen LogP contribution < -0.4 is 10.6 Å². The molecule has 0 bridgehead atoms. The van der Waals surface area contributed by atoms with Crippen molar-refractivity contribution in [3.8, 4) is 0 Å². The minimum Gasteiger partial charge on any atom is -0.462 e. The maximum absolute atomic E-state index is 10.9. The molecule has 0 saturated heterocycles. The Hall–Kier alpha value is -2.12. The molecule has 0 aromatic heterocycles. The van der Waals surface area contributed by atoms with Crippen LogP contribution >= 0.6 is 0 Å². The van der Waals surface area contributed by atoms with E-state index in [0.717, 1.165) is 38.5 Å². The van der Waals surface area contributed by atoms with Crippen LogP contribution in [0.1, 0.15) is 87.5 Å². The van der Waals surface area contributed by atoms with Gasteiger partial charge in [0, 0.05) is 39.8 Å². The van der Waals surface area contributed by atoms with E-state index in [1.54, 1.807) is 0 Å². The fraction of sp³-hybridized carbons (Fsp3) is 0.826. The molecule has 0 radical (unpaired) electrons. The van der Waals surface area contributed by atoms with Crippen LogP contribution in [0.2, 0.25) is 0 Å². The highest BCUT2D eigenvalue weighted by Crippen LogP contribution is 2.27. The number of ether oxygens (including phenoxy) is 2. The Morgan fingerprint density at radius 3 is 1.19 bits per heavy atom. The van der Waals surface area contributed by atoms with Crippen LogP contribution in [-0.2, 0) is 28.7 Å². The Kier molecular flexibility index (Phi) is 13.1. The predicted molar refractivity (Wildman–Crippen MR) is 119 cm³/mol. The van der Waals surface area contributed by atoms with Crippen LogP contribution in [-0.4, -0.2) is 48.0 Å². The number of carbonyl (C=O) groups is 4. The average Bonchev–Trinajstić information content (AvgIpc) is 2.59. The molecule has 0 aromatic rings. The van der Waals surface area contributed by atoms with E-state index < -0.39 is 0 Å². The van der Waals surface area contributed by atoms with Crippen LogP contribution in [0, 0.1) is 11.8 Å². The number of carbonyl (C=O) groups excluding carboxylic acids is 4. The second-order valence-electron chi connectivity index (χ2n) is 8.67. The van der Waals surface area contributed by atoms with Crippen molar-refractivity contribution in [3.63, 3.8) is 0 Å². The summed E-state index contributed by atoms with van der Waals surface area (Å²) in [5, 5.41) is 5.81. The molecule has 0 unspecified atom stereocenters. The Morgan fingerprint density at radius 2 is 0.968 bits per heavy atom. The number of hydrogen-bond acceptors (Lipinski definition) is 6. The SMILES string of the molecule is C.CC(=O)N[C@@H]1CC[C@H](OC(C)=O)[C@@H](C)C1.CC(=O)N[C@H]1CC[C@@H](OC(C)=O)[C@H](C)C1. The summed E-state index contributed by atoms with van der Waals surface area (Å²) in [7, 11) is 0. The minimum absolute atomic E-state index is 0. The molecule has 180 valence electrons. The van der Waals surface area contributed by atoms with E-state index in [1.807, 2.05) is 0 Å². The van der Waals surface area contributed by atoms with Gasteiger partial charge in [-0.1, -0.05) is 21.3 Å². The lowest BCUT2D eigenvalue weighted by molar-refractivity contribution is -0.151. The van der Waals surface area contributed by atoms with Gasteiger partial charge in [0.15, 0.2) is 0 Å². The van der Waals surface area contributed by atoms with E-state index in [4.69, 9.17) is 9.47 Å². The Labute approximate surface area is 187 Å². The average molecular weight is 443 g/mol. The molecule has 31 heavy (non-hydrogen) atoms. The Morgan fingerprint density at radius 1 is 0.645 bits per heavy atom. The van der Waals surface area contributed by atoms with Gasteiger partial charge >= 0.3 is 11.9 Å². The minimum atomic E-state index is -0.218. The first-order valence-electron chi connectivity index (χ1n) is 10.9. The fourth-order valence-corrected chi connectivity index (χ4v) is 4.35. The molecule has 0 aromatic carbocycles. The summed E-state index contributed by atoms with van der Waals surface area (Å²) in [6.07, 6.45) is 5.27. The molecule has 2 amide bonds. The Bertz CT molecular complexity index is 557. The zero-order valence-corrected chi connectivity index (χ0v) is 19.2. The van der Waals surface area contributed by atoms with Gasteiger partial charge < -0.3 is 20.1 Å². The van der Waals surface area contributed by atoms with Crippen LogP contribution in [0.4, 0.5) is 0 Å². The van der Waals surface area contributed by atoms with Gasteiger partial charge in [-0.2, -0.15) is 0 Å². The van der Waals surface area contributed by atoms with Crippen molar-refractivity contribution in [2.24, 2.45) is 11.8 Å². The van der Waals surface area contributed by atoms with Crippen molar-refractivity contribution >= 4 is 23.8 Å². The van der Waals surface area contributed by atoms with Gasteiger partial charge in [-0.3, -0.25) is 19.2 Å². The number of esters is 2. The molecular formula is C23H42N2O6. The molecule has 0 heterocycles. The van der Waals surface area contributed by atoms with Crippen molar-refractivity contribution < 1.29 is 28.7 Å². The zero-order chi connectivity index (χ0) is 22.8. The van der Waals surface area contributed by atoms with E-state index in [0.29, 0.717) is 11.8 Å². The monoisotopic (exact) mass is 442 g/mol. The number of hydrogen-bond donors (Lipinski definition) is 2. The molecule has 2 fully saturated rings. The summed E-state index contributed by atoms with van der Waals surface area (Å²) in [5.41, 5.74) is 0. The summed E-state index contributed by atoms with van der Waals surface area (Å²) in [6, 6.07) is 0.480. The van der Waals surface area contributed by atoms with Gasteiger partial charge in [-0.05, 0) is 50.4 Å². The van der Waals surface area contributed by atoms with Crippen molar-refractivity contribution in [1.29, 1.82) is 0 Å². The number of nitrogens with one attached hydrogen (secondary N) is 2. The van der Waals surface area contributed by atoms with E-state index in [2.05, 4.69) is 24.5 Å². The summed E-state index contributed by atoms with van der Waals surface area (Å²) >= 11 is 0. The molecule has 0 aliphatic heterocycles. The van der Waals surface area contributed by atoms with Crippen molar-refractivity contribution in [3.05, 3.63) is 0 Å². The second kappa shape index (κ2) is 14.0. The van der Waals surface area contributed by atoms with Gasteiger partial charge in [0.2, 0.25) is 11.8 Å². The van der Waals surface area contributed by atoms with Gasteiger partial charge in [0.1, 0.15) is 12.2 Å². The highest BCUT2D eigenvalue weighted by Gasteiger charge is 2.30. The molecule has 8 nitrogen and oxygen atoms in total. The molecule has 2 N–H and O–H groups in total. The van der Waals surface area contributed by atoms with Crippen molar-refractivity contribution in [2.45, 2.75) is 112 Å². The van der Waals surface area contributed by atoms with Crippen molar-refractivity contribution in [2.75, 3.05) is 0 Å². The lowest BCUT2D eigenvalue weighted by Crippen LogP contribution is -2.42. The molecule has 2 rings (SSSR count). The quantitative estimate of drug-likeness (QED) is 0.647. The lowest BCUT2D eigenvalue weighted by atomic mass is 9.84. The molecule has 2 aliphatic rings. The zero-order valence-electron chi connectivity index (χ0n) is 19.2. The van der Waals surface area contributed by atoms with Crippen LogP contribution in [0.3, 0.4) is 0 Å². The standard InChI is InChI=1S/2C11H19NO3.CH4/c2*1-7-6-10(12-8(2)13)4-5-11(7)15-9(3)14;/h2*7,10-11H,4-6H2,1-3H3,(H,12,13);1H4/t2*7-,10+,11-;/m10./s1. The van der Waals surface area contributed by atoms with Gasteiger partial charge in [0.25, 0.3) is 0 Å². The first-order chi connectivity index (χ1) is 14.0. The predicted octanol–water partition coefficient (Wildman–Crippen LogP) is 3.12. The number of amides is 2. The molecule has 8 heteroatoms. The second-order valence-corrected chi connectivity index (χ2v) is 8.67. The maximum atomic E-state index is 10.9. The summed E-state index contributed by atoms with van der Waals surface area (Å²) in [5.74, 6) is 0.227. The van der Waals surface area contributed by atoms with E-state index in [1.165, 1.54) is 27.7 Å². The van der Waals surface area contributed by atoms with Crippen molar-refractivity contribution in [1.82, 2.24) is 10.6 Å². The highest BCUT2D eigenvalue weighted by molar-refractivity contribution is 5.73. The normalized spacial score (nSPS) is 29.7. The fourth-order valence-electron chi connectivity index (χ4n) is 4.35. The maximum Gasteiger partial charge on any atom is 0.302 e. The molecule has 2 aliphatic carbocycles. The number of rotatable bonds is 4. The highest BCUT2D eigenvalue weighted by atomic mass is 16.5. The van der Waals surface area contributed by atoms with Gasteiger partial charge in [-0.15, -0.1) is 0 Å². The largest absolute Gasteiger partial charge is 0.462 e. The lowest BCUT2D eigenvalue weighted by Gasteiger charge is -2.33. The summed E-state index contributed by atoms with van der Waals surface area (Å²) in [6.45, 7) is 10.0. The van der Waals surface area contributed by atoms with Crippen LogP contribution in [0.25, 0.3) is 0 Å². The smallest absolute Gasteiger partial charge is 0.302 e. The van der Waals surface area contributed by atoms with E-state index in [-0.39, 0.29) is 55.5 Å². The van der Waals surface area contributed by atoms with E-state index >= 15 is 0 Å². The summed E-state index contributed by atoms with van der Waals surface area (Å²) in [4.78, 5) is 43.4. The molecule has 0 spiro atoms. The Balaban J connectivity index is 0.000000562. The third-order valence-electron chi connectivity index (χ3n) is 5.63. The first-order valence-corrected chi connectivity index (χ1v) is 10.9. The topological polar surface area (TPSA) is 111 Å². The van der Waals surface area contributed by atoms with E-state index in [9.17, 15) is 19.2 Å². The third-order valence-corrected chi connectivity index (χ3v) is 5.63. The first kappa shape index (κ1) is 28.9. The third kappa shape index (κ3) is 11.7. The van der Waals surface area contributed by atoms with Gasteiger partial charge in [0.05, 0.1) is 0 Å². The molecule has 6 atom stereocenters.